The summed E-state index contributed by atoms with van der Waals surface area (Å²) in [5.74, 6) is -2.80. The lowest BCUT2D eigenvalue weighted by molar-refractivity contribution is -0.463. The number of hydrogen-bond acceptors (Lipinski definition) is 9. The van der Waals surface area contributed by atoms with Gasteiger partial charge in [-0.1, -0.05) is 91.0 Å². The van der Waals surface area contributed by atoms with Crippen LogP contribution in [0.1, 0.15) is 30.5 Å². The van der Waals surface area contributed by atoms with E-state index in [4.69, 9.17) is 33.2 Å². The first-order chi connectivity index (χ1) is 20.8. The Balaban J connectivity index is 1.61. The summed E-state index contributed by atoms with van der Waals surface area (Å²) < 4.78 is 43.2. The minimum atomic E-state index is -1.42. The molecule has 234 valence electrons. The second kappa shape index (κ2) is 15.9. The summed E-state index contributed by atoms with van der Waals surface area (Å²) in [7, 11) is 2.98. The lowest BCUT2D eigenvalue weighted by atomic mass is 9.94. The second-order valence-corrected chi connectivity index (χ2v) is 10.8. The van der Waals surface area contributed by atoms with Crippen molar-refractivity contribution in [3.05, 3.63) is 108 Å². The van der Waals surface area contributed by atoms with Gasteiger partial charge in [0.05, 0.1) is 33.0 Å². The molecule has 0 aromatic heterocycles. The Morgan fingerprint density at radius 2 is 1.12 bits per heavy atom. The van der Waals surface area contributed by atoms with Gasteiger partial charge in [0, 0.05) is 14.2 Å². The zero-order chi connectivity index (χ0) is 30.7. The van der Waals surface area contributed by atoms with Crippen LogP contribution in [0.15, 0.2) is 91.0 Å². The van der Waals surface area contributed by atoms with Crippen molar-refractivity contribution < 1.29 is 43.4 Å². The van der Waals surface area contributed by atoms with Crippen molar-refractivity contribution in [3.63, 3.8) is 0 Å². The average molecular weight is 597 g/mol. The molecule has 9 heteroatoms. The van der Waals surface area contributed by atoms with E-state index in [0.29, 0.717) is 6.61 Å². The fourth-order valence-electron chi connectivity index (χ4n) is 5.02. The smallest absolute Gasteiger partial charge is 0.220 e. The molecule has 1 saturated heterocycles. The number of benzene rings is 3. The summed E-state index contributed by atoms with van der Waals surface area (Å²) in [4.78, 5) is 0. The van der Waals surface area contributed by atoms with Crippen LogP contribution in [0.3, 0.4) is 0 Å². The highest BCUT2D eigenvalue weighted by atomic mass is 16.8. The van der Waals surface area contributed by atoms with Crippen LogP contribution < -0.4 is 0 Å². The summed E-state index contributed by atoms with van der Waals surface area (Å²) in [6, 6.07) is 29.1. The number of aliphatic hydroxyl groups excluding tert-OH is 2. The minimum Gasteiger partial charge on any atom is -0.394 e. The number of hydrogen-bond donors (Lipinski definition) is 2. The molecule has 4 rings (SSSR count). The van der Waals surface area contributed by atoms with Gasteiger partial charge in [0.15, 0.2) is 0 Å². The zero-order valence-electron chi connectivity index (χ0n) is 25.3. The highest BCUT2D eigenvalue weighted by Gasteiger charge is 2.60. The summed E-state index contributed by atoms with van der Waals surface area (Å²) in [6.45, 7) is 3.86. The predicted molar refractivity (Wildman–Crippen MR) is 160 cm³/mol. The van der Waals surface area contributed by atoms with E-state index in [1.165, 1.54) is 14.2 Å². The van der Waals surface area contributed by atoms with Gasteiger partial charge in [0.25, 0.3) is 0 Å². The van der Waals surface area contributed by atoms with Crippen LogP contribution in [0.4, 0.5) is 0 Å². The molecule has 0 radical (unpaired) electrons. The average Bonchev–Trinajstić information content (AvgIpc) is 3.05. The zero-order valence-corrected chi connectivity index (χ0v) is 25.3. The molecule has 1 aliphatic heterocycles. The second-order valence-electron chi connectivity index (χ2n) is 10.8. The standard InChI is InChI=1S/C34H44O9/c1-33(37-3)34(2,38-4)43-32(30(36)28(20-35)40-22-26-16-10-6-11-17-26)31(42-33)29(41-23-27-18-12-7-13-19-27)24-39-21-25-14-8-5-9-15-25/h5-19,28-32,35-36H,20-24H2,1-4H3/t28-,29-,30+,31-,32-,33?,34?/m0/s1. The van der Waals surface area contributed by atoms with Crippen molar-refractivity contribution in [2.75, 3.05) is 27.4 Å². The van der Waals surface area contributed by atoms with Crippen molar-refractivity contribution in [1.82, 2.24) is 0 Å². The number of rotatable bonds is 16. The molecule has 3 aromatic rings. The summed E-state index contributed by atoms with van der Waals surface area (Å²) in [5.41, 5.74) is 2.86. The third kappa shape index (κ3) is 8.48. The van der Waals surface area contributed by atoms with Crippen LogP contribution >= 0.6 is 0 Å². The van der Waals surface area contributed by atoms with E-state index in [-0.39, 0.29) is 19.8 Å². The van der Waals surface area contributed by atoms with E-state index in [0.717, 1.165) is 16.7 Å². The maximum absolute atomic E-state index is 11.7. The monoisotopic (exact) mass is 596 g/mol. The molecule has 7 atom stereocenters. The van der Waals surface area contributed by atoms with Gasteiger partial charge in [-0.2, -0.15) is 0 Å². The number of aliphatic hydroxyl groups is 2. The minimum absolute atomic E-state index is 0.122. The first kappa shape index (κ1) is 33.2. The van der Waals surface area contributed by atoms with Gasteiger partial charge in [-0.25, -0.2) is 0 Å². The molecular weight excluding hydrogens is 552 g/mol. The van der Waals surface area contributed by atoms with Gasteiger partial charge in [0.1, 0.15) is 30.5 Å². The van der Waals surface area contributed by atoms with E-state index < -0.39 is 48.7 Å². The molecule has 1 fully saturated rings. The first-order valence-corrected chi connectivity index (χ1v) is 14.5. The summed E-state index contributed by atoms with van der Waals surface area (Å²) in [6.07, 6.45) is -5.00. The van der Waals surface area contributed by atoms with E-state index in [1.807, 2.05) is 91.0 Å². The van der Waals surface area contributed by atoms with E-state index in [1.54, 1.807) is 13.8 Å². The molecule has 2 N–H and O–H groups in total. The molecular formula is C34H44O9. The summed E-state index contributed by atoms with van der Waals surface area (Å²) in [5, 5.41) is 22.0. The van der Waals surface area contributed by atoms with Gasteiger partial charge < -0.3 is 43.4 Å². The Morgan fingerprint density at radius 1 is 0.674 bits per heavy atom. The van der Waals surface area contributed by atoms with Gasteiger partial charge >= 0.3 is 0 Å². The molecule has 2 unspecified atom stereocenters. The third-order valence-corrected chi connectivity index (χ3v) is 7.92. The molecule has 0 saturated carbocycles. The van der Waals surface area contributed by atoms with Crippen molar-refractivity contribution in [2.45, 2.75) is 75.8 Å². The molecule has 3 aromatic carbocycles. The molecule has 1 aliphatic rings. The van der Waals surface area contributed by atoms with Crippen molar-refractivity contribution in [3.8, 4) is 0 Å². The maximum Gasteiger partial charge on any atom is 0.220 e. The molecule has 0 spiro atoms. The lowest BCUT2D eigenvalue weighted by Crippen LogP contribution is -2.70. The third-order valence-electron chi connectivity index (χ3n) is 7.92. The van der Waals surface area contributed by atoms with Crippen LogP contribution in [0.5, 0.6) is 0 Å². The molecule has 1 heterocycles. The van der Waals surface area contributed by atoms with Crippen LogP contribution in [0, 0.1) is 0 Å². The molecule has 0 amide bonds. The van der Waals surface area contributed by atoms with E-state index >= 15 is 0 Å². The highest BCUT2D eigenvalue weighted by molar-refractivity contribution is 5.15. The fourth-order valence-corrected chi connectivity index (χ4v) is 5.02. The van der Waals surface area contributed by atoms with Gasteiger partial charge in [-0.3, -0.25) is 0 Å². The first-order valence-electron chi connectivity index (χ1n) is 14.5. The largest absolute Gasteiger partial charge is 0.394 e. The van der Waals surface area contributed by atoms with Crippen LogP contribution in [0.2, 0.25) is 0 Å². The number of methoxy groups -OCH3 is 2. The normalized spacial score (nSPS) is 26.1. The lowest BCUT2D eigenvalue weighted by Gasteiger charge is -2.54. The predicted octanol–water partition coefficient (Wildman–Crippen LogP) is 4.24. The Labute approximate surface area is 254 Å². The Hall–Kier alpha value is -2.70. The van der Waals surface area contributed by atoms with Crippen molar-refractivity contribution in [1.29, 1.82) is 0 Å². The quantitative estimate of drug-likeness (QED) is 0.251. The Kier molecular flexibility index (Phi) is 12.2. The van der Waals surface area contributed by atoms with Gasteiger partial charge in [0.2, 0.25) is 11.6 Å². The van der Waals surface area contributed by atoms with Gasteiger partial charge in [-0.15, -0.1) is 0 Å². The Bertz CT molecular complexity index is 1200. The van der Waals surface area contributed by atoms with Gasteiger partial charge in [-0.05, 0) is 30.5 Å². The topological polar surface area (TPSA) is 105 Å². The molecule has 0 aliphatic carbocycles. The maximum atomic E-state index is 11.7. The summed E-state index contributed by atoms with van der Waals surface area (Å²) >= 11 is 0. The highest BCUT2D eigenvalue weighted by Crippen LogP contribution is 2.42. The van der Waals surface area contributed by atoms with Crippen LogP contribution in [0.25, 0.3) is 0 Å². The SMILES string of the molecule is COC1(C)O[C@@H]([C@H](COCc2ccccc2)OCc2ccccc2)[C@H]([C@H](O)[C@H](CO)OCc2ccccc2)OC1(C)OC. The number of ether oxygens (including phenoxy) is 7. The molecule has 43 heavy (non-hydrogen) atoms. The van der Waals surface area contributed by atoms with Crippen LogP contribution in [-0.4, -0.2) is 79.7 Å². The molecule has 9 nitrogen and oxygen atoms in total. The van der Waals surface area contributed by atoms with Crippen molar-refractivity contribution in [2.24, 2.45) is 0 Å². The van der Waals surface area contributed by atoms with Crippen LogP contribution in [-0.2, 0) is 53.0 Å². The molecule has 0 bridgehead atoms. The fraction of sp³-hybridized carbons (Fsp3) is 0.471. The van der Waals surface area contributed by atoms with E-state index in [9.17, 15) is 10.2 Å². The Morgan fingerprint density at radius 3 is 1.58 bits per heavy atom. The van der Waals surface area contributed by atoms with Crippen molar-refractivity contribution >= 4 is 0 Å². The van der Waals surface area contributed by atoms with E-state index in [2.05, 4.69) is 0 Å².